The normalized spacial score (nSPS) is 12.0. The Hall–Kier alpha value is -4.59. The average molecular weight is 467 g/mol. The monoisotopic (exact) mass is 466 g/mol. The van der Waals surface area contributed by atoms with Crippen LogP contribution in [-0.4, -0.2) is 40.1 Å². The maximum absolute atomic E-state index is 13.6. The zero-order valence-corrected chi connectivity index (χ0v) is 19.3. The van der Waals surface area contributed by atoms with E-state index in [1.165, 1.54) is 0 Å². The minimum absolute atomic E-state index is 0.0288. The minimum Gasteiger partial charge on any atom is -0.397 e. The number of carbonyl (C=O) groups is 2. The molecular formula is C27H26N6O2. The van der Waals surface area contributed by atoms with Crippen molar-refractivity contribution in [2.24, 2.45) is 0 Å². The summed E-state index contributed by atoms with van der Waals surface area (Å²) in [4.78, 5) is 31.3. The molecule has 8 heteroatoms. The van der Waals surface area contributed by atoms with E-state index >= 15 is 0 Å². The molecule has 0 aliphatic carbocycles. The fourth-order valence-corrected chi connectivity index (χ4v) is 4.31. The van der Waals surface area contributed by atoms with Gasteiger partial charge in [-0.3, -0.25) is 14.7 Å². The number of hydrogen-bond donors (Lipinski definition) is 4. The molecule has 35 heavy (non-hydrogen) atoms. The van der Waals surface area contributed by atoms with Gasteiger partial charge in [-0.1, -0.05) is 48.5 Å². The number of hydrogen-bond acceptors (Lipinski definition) is 4. The fraction of sp³-hybridized carbons (Fsp3) is 0.148. The standard InChI is InChI=1S/C27H26N6O2/c1-33(20-11-10-18-15-29-16-19(18)13-20)27(35)24(12-17-6-3-2-4-7-17)30-25(34)14-23-21-8-5-9-22(28)26(21)32-31-23/h2-11,13,15-16,24,29H,12,14,28H2,1H3,(H,30,34)(H,31,32). The van der Waals surface area contributed by atoms with Gasteiger partial charge in [0.05, 0.1) is 23.3 Å². The molecule has 3 aromatic carbocycles. The molecule has 0 spiro atoms. The van der Waals surface area contributed by atoms with Gasteiger partial charge in [-0.05, 0) is 29.1 Å². The molecule has 1 unspecified atom stereocenters. The number of nitrogens with zero attached hydrogens (tertiary/aromatic N) is 2. The van der Waals surface area contributed by atoms with Crippen molar-refractivity contribution in [1.82, 2.24) is 20.5 Å². The third-order valence-electron chi connectivity index (χ3n) is 6.22. The second kappa shape index (κ2) is 9.34. The van der Waals surface area contributed by atoms with Gasteiger partial charge in [-0.2, -0.15) is 5.10 Å². The predicted molar refractivity (Wildman–Crippen MR) is 138 cm³/mol. The van der Waals surface area contributed by atoms with Crippen molar-refractivity contribution in [2.75, 3.05) is 17.7 Å². The number of nitrogen functional groups attached to an aromatic ring is 1. The van der Waals surface area contributed by atoms with Crippen molar-refractivity contribution in [3.63, 3.8) is 0 Å². The highest BCUT2D eigenvalue weighted by Crippen LogP contribution is 2.23. The van der Waals surface area contributed by atoms with E-state index in [4.69, 9.17) is 5.73 Å². The van der Waals surface area contributed by atoms with E-state index in [1.807, 2.05) is 73.1 Å². The third-order valence-corrected chi connectivity index (χ3v) is 6.22. The largest absolute Gasteiger partial charge is 0.397 e. The quantitative estimate of drug-likeness (QED) is 0.274. The lowest BCUT2D eigenvalue weighted by Crippen LogP contribution is -2.49. The van der Waals surface area contributed by atoms with Crippen molar-refractivity contribution in [3.05, 3.63) is 90.4 Å². The number of H-pyrrole nitrogens is 2. The predicted octanol–water partition coefficient (Wildman–Crippen LogP) is 3.56. The highest BCUT2D eigenvalue weighted by molar-refractivity contribution is 6.01. The highest BCUT2D eigenvalue weighted by Gasteiger charge is 2.26. The molecule has 0 radical (unpaired) electrons. The van der Waals surface area contributed by atoms with Crippen LogP contribution in [0, 0.1) is 0 Å². The Morgan fingerprint density at radius 2 is 1.83 bits per heavy atom. The number of likely N-dealkylation sites (N-methyl/N-ethyl adjacent to an activating group) is 1. The van der Waals surface area contributed by atoms with E-state index in [0.717, 1.165) is 27.4 Å². The van der Waals surface area contributed by atoms with Crippen LogP contribution < -0.4 is 16.0 Å². The minimum atomic E-state index is -0.743. The molecule has 2 amide bonds. The zero-order chi connectivity index (χ0) is 24.4. The van der Waals surface area contributed by atoms with Gasteiger partial charge in [0.25, 0.3) is 0 Å². The maximum atomic E-state index is 13.6. The Morgan fingerprint density at radius 3 is 2.66 bits per heavy atom. The molecule has 1 atom stereocenters. The Balaban J connectivity index is 1.38. The van der Waals surface area contributed by atoms with Crippen LogP contribution in [-0.2, 0) is 22.4 Å². The molecule has 0 fully saturated rings. The second-order valence-corrected chi connectivity index (χ2v) is 8.59. The average Bonchev–Trinajstić information content (AvgIpc) is 3.51. The van der Waals surface area contributed by atoms with Gasteiger partial charge in [0.15, 0.2) is 0 Å². The molecule has 0 bridgehead atoms. The van der Waals surface area contributed by atoms with Gasteiger partial charge in [0, 0.05) is 42.3 Å². The van der Waals surface area contributed by atoms with Crippen LogP contribution >= 0.6 is 0 Å². The van der Waals surface area contributed by atoms with Gasteiger partial charge < -0.3 is 20.9 Å². The van der Waals surface area contributed by atoms with Crippen LogP contribution in [0.5, 0.6) is 0 Å². The lowest BCUT2D eigenvalue weighted by atomic mass is 10.0. The molecule has 2 heterocycles. The van der Waals surface area contributed by atoms with Gasteiger partial charge in [0.1, 0.15) is 6.04 Å². The number of fused-ring (bicyclic) bond motifs is 2. The van der Waals surface area contributed by atoms with Crippen LogP contribution in [0.25, 0.3) is 21.7 Å². The first-order valence-electron chi connectivity index (χ1n) is 11.4. The first-order chi connectivity index (χ1) is 17.0. The van der Waals surface area contributed by atoms with Crippen LogP contribution in [0.1, 0.15) is 11.3 Å². The van der Waals surface area contributed by atoms with Gasteiger partial charge >= 0.3 is 0 Å². The number of carbonyl (C=O) groups excluding carboxylic acids is 2. The van der Waals surface area contributed by atoms with E-state index in [1.54, 1.807) is 18.0 Å². The summed E-state index contributed by atoms with van der Waals surface area (Å²) in [5.41, 5.74) is 9.56. The number of amides is 2. The van der Waals surface area contributed by atoms with Crippen LogP contribution in [0.4, 0.5) is 11.4 Å². The summed E-state index contributed by atoms with van der Waals surface area (Å²) in [5.74, 6) is -0.488. The van der Waals surface area contributed by atoms with Crippen LogP contribution in [0.15, 0.2) is 79.1 Å². The SMILES string of the molecule is CN(C(=O)C(Cc1ccccc1)NC(=O)Cc1n[nH]c2c(N)cccc12)c1ccc2c[nH]cc2c1. The molecule has 8 nitrogen and oxygen atoms in total. The smallest absolute Gasteiger partial charge is 0.249 e. The van der Waals surface area contributed by atoms with Gasteiger partial charge in [-0.25, -0.2) is 0 Å². The number of nitrogens with two attached hydrogens (primary N) is 1. The van der Waals surface area contributed by atoms with E-state index in [-0.39, 0.29) is 18.2 Å². The van der Waals surface area contributed by atoms with Crippen molar-refractivity contribution >= 4 is 44.9 Å². The van der Waals surface area contributed by atoms with E-state index in [2.05, 4.69) is 20.5 Å². The first kappa shape index (κ1) is 22.2. The molecule has 0 aliphatic heterocycles. The number of rotatable bonds is 7. The zero-order valence-electron chi connectivity index (χ0n) is 19.3. The summed E-state index contributed by atoms with van der Waals surface area (Å²) >= 11 is 0. The Bertz CT molecular complexity index is 1500. The van der Waals surface area contributed by atoms with Gasteiger partial charge in [0.2, 0.25) is 11.8 Å². The Morgan fingerprint density at radius 1 is 1.03 bits per heavy atom. The topological polar surface area (TPSA) is 120 Å². The maximum Gasteiger partial charge on any atom is 0.249 e. The molecule has 176 valence electrons. The summed E-state index contributed by atoms with van der Waals surface area (Å²) < 4.78 is 0. The van der Waals surface area contributed by atoms with Gasteiger partial charge in [-0.15, -0.1) is 0 Å². The third kappa shape index (κ3) is 4.59. The number of para-hydroxylation sites is 1. The van der Waals surface area contributed by atoms with Crippen LogP contribution in [0.3, 0.4) is 0 Å². The van der Waals surface area contributed by atoms with Crippen molar-refractivity contribution in [3.8, 4) is 0 Å². The number of aromatic amines is 2. The van der Waals surface area contributed by atoms with E-state index in [9.17, 15) is 9.59 Å². The summed E-state index contributed by atoms with van der Waals surface area (Å²) in [7, 11) is 1.73. The highest BCUT2D eigenvalue weighted by atomic mass is 16.2. The van der Waals surface area contributed by atoms with Crippen LogP contribution in [0.2, 0.25) is 0 Å². The summed E-state index contributed by atoms with van der Waals surface area (Å²) in [6, 6.07) is 20.2. The van der Waals surface area contributed by atoms with Crippen molar-refractivity contribution < 1.29 is 9.59 Å². The summed E-state index contributed by atoms with van der Waals surface area (Å²) in [5, 5.41) is 13.0. The van der Waals surface area contributed by atoms with Crippen molar-refractivity contribution in [2.45, 2.75) is 18.9 Å². The molecule has 5 rings (SSSR count). The molecule has 2 aromatic heterocycles. The molecule has 0 saturated heterocycles. The molecule has 5 aromatic rings. The fourth-order valence-electron chi connectivity index (χ4n) is 4.31. The lowest BCUT2D eigenvalue weighted by Gasteiger charge is -2.25. The number of aromatic nitrogens is 3. The van der Waals surface area contributed by atoms with E-state index < -0.39 is 6.04 Å². The molecule has 5 N–H and O–H groups in total. The lowest BCUT2D eigenvalue weighted by molar-refractivity contribution is -0.127. The summed E-state index contributed by atoms with van der Waals surface area (Å²) in [6.07, 6.45) is 4.20. The first-order valence-corrected chi connectivity index (χ1v) is 11.4. The molecular weight excluding hydrogens is 440 g/mol. The second-order valence-electron chi connectivity index (χ2n) is 8.59. The number of anilines is 2. The molecule has 0 saturated carbocycles. The van der Waals surface area contributed by atoms with E-state index in [0.29, 0.717) is 23.3 Å². The number of benzene rings is 3. The van der Waals surface area contributed by atoms with Crippen molar-refractivity contribution in [1.29, 1.82) is 0 Å². The Kier molecular flexibility index (Phi) is 5.93. The Labute approximate surface area is 202 Å². The summed E-state index contributed by atoms with van der Waals surface area (Å²) in [6.45, 7) is 0. The molecule has 0 aliphatic rings. The number of nitrogens with one attached hydrogen (secondary N) is 3.